The van der Waals surface area contributed by atoms with E-state index >= 15 is 0 Å². The summed E-state index contributed by atoms with van der Waals surface area (Å²) in [5.74, 6) is -10.3. The zero-order valence-corrected chi connectivity index (χ0v) is 38.5. The van der Waals surface area contributed by atoms with Gasteiger partial charge in [0.2, 0.25) is 41.4 Å². The van der Waals surface area contributed by atoms with Gasteiger partial charge in [-0.1, -0.05) is 50.2 Å². The molecule has 8 atom stereocenters. The van der Waals surface area contributed by atoms with Crippen LogP contribution in [0.3, 0.4) is 0 Å². The molecule has 0 radical (unpaired) electrons. The minimum Gasteiger partial charge on any atom is -0.481 e. The molecule has 0 aliphatic carbocycles. The molecule has 24 heteroatoms. The number of aromatic amines is 3. The molecule has 0 bridgehead atoms. The number of aliphatic carboxylic acids is 2. The molecule has 3 aromatic heterocycles. The number of hydrogen-bond acceptors (Lipinski definition) is 12. The lowest BCUT2D eigenvalue weighted by molar-refractivity contribution is -0.143. The lowest BCUT2D eigenvalue weighted by atomic mass is 10.0. The third kappa shape index (κ3) is 14.4. The van der Waals surface area contributed by atoms with Crippen LogP contribution in [0, 0.1) is 5.92 Å². The maximum absolute atomic E-state index is 14.4. The summed E-state index contributed by atoms with van der Waals surface area (Å²) in [6.07, 6.45) is 2.21. The van der Waals surface area contributed by atoms with Crippen LogP contribution in [0.15, 0.2) is 73.4 Å². The van der Waals surface area contributed by atoms with Crippen molar-refractivity contribution < 1.29 is 58.5 Å². The summed E-state index contributed by atoms with van der Waals surface area (Å²) in [5, 5.41) is 46.6. The van der Waals surface area contributed by atoms with Gasteiger partial charge in [0.05, 0.1) is 24.9 Å². The maximum atomic E-state index is 14.4. The average molecular weight is 971 g/mol. The zero-order chi connectivity index (χ0) is 51.2. The number of carboxylic acids is 2. The van der Waals surface area contributed by atoms with E-state index in [4.69, 9.17) is 11.5 Å². The number of benzene rings is 2. The summed E-state index contributed by atoms with van der Waals surface area (Å²) in [4.78, 5) is 132. The molecule has 0 saturated heterocycles. The minimum atomic E-state index is -1.95. The Morgan fingerprint density at radius 1 is 0.614 bits per heavy atom. The van der Waals surface area contributed by atoms with Crippen molar-refractivity contribution in [1.82, 2.24) is 51.8 Å². The Balaban J connectivity index is 1.40. The number of aliphatic hydroxyl groups is 1. The van der Waals surface area contributed by atoms with Crippen LogP contribution in [0.5, 0.6) is 0 Å². The lowest BCUT2D eigenvalue weighted by Crippen LogP contribution is -2.62. The van der Waals surface area contributed by atoms with E-state index in [-0.39, 0.29) is 32.1 Å². The van der Waals surface area contributed by atoms with Crippen molar-refractivity contribution in [3.05, 3.63) is 90.3 Å². The van der Waals surface area contributed by atoms with Gasteiger partial charge in [0.1, 0.15) is 36.3 Å². The second-order valence-corrected chi connectivity index (χ2v) is 17.2. The van der Waals surface area contributed by atoms with Crippen LogP contribution < -0.4 is 43.4 Å². The van der Waals surface area contributed by atoms with Crippen LogP contribution in [0.4, 0.5) is 0 Å². The number of hydrogen-bond donors (Lipinski definition) is 14. The van der Waals surface area contributed by atoms with E-state index in [0.717, 1.165) is 6.92 Å². The minimum absolute atomic E-state index is 0.137. The number of nitrogens with one attached hydrogen (secondary N) is 9. The van der Waals surface area contributed by atoms with Crippen molar-refractivity contribution in [3.63, 3.8) is 0 Å². The predicted octanol–water partition coefficient (Wildman–Crippen LogP) is -1.50. The second-order valence-electron chi connectivity index (χ2n) is 17.2. The van der Waals surface area contributed by atoms with Gasteiger partial charge in [-0.2, -0.15) is 0 Å². The van der Waals surface area contributed by atoms with Crippen LogP contribution >= 0.6 is 0 Å². The van der Waals surface area contributed by atoms with Gasteiger partial charge >= 0.3 is 11.9 Å². The number of para-hydroxylation sites is 2. The number of aliphatic hydroxyl groups excluding tert-OH is 1. The molecule has 3 heterocycles. The van der Waals surface area contributed by atoms with Crippen LogP contribution in [-0.4, -0.2) is 137 Å². The van der Waals surface area contributed by atoms with Crippen molar-refractivity contribution >= 4 is 75.1 Å². The molecular formula is C46H58N12O12. The third-order valence-corrected chi connectivity index (χ3v) is 11.4. The Morgan fingerprint density at radius 3 is 1.57 bits per heavy atom. The molecule has 0 aliphatic rings. The summed E-state index contributed by atoms with van der Waals surface area (Å²) < 4.78 is 0. The highest BCUT2D eigenvalue weighted by molar-refractivity contribution is 5.99. The molecule has 0 saturated carbocycles. The van der Waals surface area contributed by atoms with E-state index in [9.17, 15) is 58.5 Å². The van der Waals surface area contributed by atoms with Gasteiger partial charge in [0.25, 0.3) is 0 Å². The van der Waals surface area contributed by atoms with Gasteiger partial charge in [-0.3, -0.25) is 38.4 Å². The molecule has 2 aromatic carbocycles. The summed E-state index contributed by atoms with van der Waals surface area (Å²) in [5.41, 5.74) is 14.0. The number of amides is 7. The van der Waals surface area contributed by atoms with E-state index in [2.05, 4.69) is 51.8 Å². The maximum Gasteiger partial charge on any atom is 0.326 e. The number of nitrogens with zero attached hydrogens (tertiary/aromatic N) is 1. The highest BCUT2D eigenvalue weighted by Crippen LogP contribution is 2.21. The topological polar surface area (TPSA) is 399 Å². The third-order valence-electron chi connectivity index (χ3n) is 11.4. The van der Waals surface area contributed by atoms with Gasteiger partial charge < -0.3 is 73.6 Å². The number of H-pyrrole nitrogens is 3. The van der Waals surface area contributed by atoms with E-state index in [1.807, 2.05) is 0 Å². The number of aromatic nitrogens is 4. The average Bonchev–Trinajstić information content (AvgIpc) is 4.08. The largest absolute Gasteiger partial charge is 0.481 e. The number of fused-ring (bicyclic) bond motifs is 2. The number of carboxylic acid groups (broad SMARTS) is 2. The first-order valence-electron chi connectivity index (χ1n) is 22.3. The van der Waals surface area contributed by atoms with Crippen LogP contribution in [0.1, 0.15) is 56.9 Å². The monoisotopic (exact) mass is 970 g/mol. The van der Waals surface area contributed by atoms with Crippen molar-refractivity contribution in [1.29, 1.82) is 0 Å². The number of imidazole rings is 1. The van der Waals surface area contributed by atoms with Gasteiger partial charge in [-0.15, -0.1) is 0 Å². The molecule has 7 amide bonds. The fraction of sp³-hybridized carbons (Fsp3) is 0.391. The Hall–Kier alpha value is -8.12. The molecular weight excluding hydrogens is 913 g/mol. The number of nitrogens with two attached hydrogens (primary N) is 2. The smallest absolute Gasteiger partial charge is 0.326 e. The fourth-order valence-corrected chi connectivity index (χ4v) is 7.61. The molecule has 0 spiro atoms. The fourth-order valence-electron chi connectivity index (χ4n) is 7.61. The Bertz CT molecular complexity index is 2680. The van der Waals surface area contributed by atoms with Crippen molar-refractivity contribution in [2.45, 2.75) is 108 Å². The predicted molar refractivity (Wildman–Crippen MR) is 251 cm³/mol. The Kier molecular flexibility index (Phi) is 18.3. The molecule has 5 rings (SSSR count). The molecule has 0 aliphatic heterocycles. The highest BCUT2D eigenvalue weighted by atomic mass is 16.4. The number of rotatable bonds is 26. The number of carbonyl (C=O) groups is 9. The zero-order valence-electron chi connectivity index (χ0n) is 38.5. The van der Waals surface area contributed by atoms with Crippen molar-refractivity contribution in [2.75, 3.05) is 0 Å². The molecule has 0 unspecified atom stereocenters. The quantitative estimate of drug-likeness (QED) is 0.0300. The van der Waals surface area contributed by atoms with Crippen LogP contribution in [-0.2, 0) is 62.4 Å². The summed E-state index contributed by atoms with van der Waals surface area (Å²) in [6.45, 7) is 4.28. The van der Waals surface area contributed by atoms with Gasteiger partial charge in [0.15, 0.2) is 0 Å². The first kappa shape index (κ1) is 52.8. The molecule has 70 heavy (non-hydrogen) atoms. The van der Waals surface area contributed by atoms with Gasteiger partial charge in [-0.25, -0.2) is 9.78 Å². The first-order valence-corrected chi connectivity index (χ1v) is 22.3. The SMILES string of the molecule is CC(C)[C@H](NC(=O)[C@H](Cc1c[nH]c2ccccc12)NC(=O)[C@@H](NC(=O)[C@H](CC(=O)O)NC(=O)[C@H](Cc1c[nH]c2ccccc12)NC(=O)[C@H](Cc1cnc[nH]1)NC(=O)[C@@H](N)CCC(N)=O)[C@@H](C)O)C(=O)O. The number of primary amides is 1. The van der Waals surface area contributed by atoms with Gasteiger partial charge in [0, 0.05) is 71.8 Å². The lowest BCUT2D eigenvalue weighted by Gasteiger charge is -2.28. The molecule has 16 N–H and O–H groups in total. The number of carbonyl (C=O) groups excluding carboxylic acids is 7. The standard InChI is InChI=1S/C46H58N12O12/c1-22(2)38(46(69)70)57-43(66)33(15-25-19-51-31-11-7-5-9-28(25)31)56-45(68)39(23(3)59)58-44(67)35(17-37(61)62)55-41(64)32(14-24-18-50-30-10-6-4-8-27(24)30)54-42(65)34(16-26-20-49-21-52-26)53-40(63)29(47)12-13-36(48)60/h4-11,18-23,29,32-35,38-39,50-51,59H,12-17,47H2,1-3H3,(H2,48,60)(H,49,52)(H,53,63)(H,54,65)(H,55,64)(H,56,68)(H,57,66)(H,58,67)(H,61,62)(H,69,70)/t23-,29+,32+,33+,34+,35+,38+,39+/m1/s1. The van der Waals surface area contributed by atoms with Crippen molar-refractivity contribution in [2.24, 2.45) is 17.4 Å². The Labute approximate surface area is 399 Å². The first-order chi connectivity index (χ1) is 33.2. The molecule has 24 nitrogen and oxygen atoms in total. The van der Waals surface area contributed by atoms with E-state index in [1.54, 1.807) is 74.8 Å². The molecule has 5 aromatic rings. The second kappa shape index (κ2) is 24.2. The summed E-state index contributed by atoms with van der Waals surface area (Å²) in [7, 11) is 0. The van der Waals surface area contributed by atoms with Gasteiger partial charge in [-0.05, 0) is 42.5 Å². The van der Waals surface area contributed by atoms with Crippen LogP contribution in [0.25, 0.3) is 21.8 Å². The van der Waals surface area contributed by atoms with E-state index in [0.29, 0.717) is 38.6 Å². The van der Waals surface area contributed by atoms with E-state index in [1.165, 1.54) is 12.5 Å². The highest BCUT2D eigenvalue weighted by Gasteiger charge is 2.37. The Morgan fingerprint density at radius 2 is 1.09 bits per heavy atom. The molecule has 374 valence electrons. The summed E-state index contributed by atoms with van der Waals surface area (Å²) in [6, 6.07) is 3.22. The molecule has 0 fully saturated rings. The van der Waals surface area contributed by atoms with E-state index < -0.39 is 114 Å². The van der Waals surface area contributed by atoms with Crippen LogP contribution in [0.2, 0.25) is 0 Å². The summed E-state index contributed by atoms with van der Waals surface area (Å²) >= 11 is 0. The van der Waals surface area contributed by atoms with Crippen molar-refractivity contribution in [3.8, 4) is 0 Å². The normalized spacial score (nSPS) is 14.8.